The Hall–Kier alpha value is -7.01. The minimum absolute atomic E-state index is 0.208. The van der Waals surface area contributed by atoms with E-state index < -0.39 is 23.3 Å². The Bertz CT molecular complexity index is 3030. The summed E-state index contributed by atoms with van der Waals surface area (Å²) < 4.78 is 59.5. The van der Waals surface area contributed by atoms with E-state index in [9.17, 15) is 27.2 Å². The topological polar surface area (TPSA) is 155 Å². The molecule has 3 amide bonds. The minimum Gasteiger partial charge on any atom is -0.367 e. The lowest BCUT2D eigenvalue weighted by molar-refractivity contribution is 0.0951. The van der Waals surface area contributed by atoms with Gasteiger partial charge in [0, 0.05) is 67.3 Å². The van der Waals surface area contributed by atoms with Gasteiger partial charge in [0.2, 0.25) is 0 Å². The van der Waals surface area contributed by atoms with Crippen LogP contribution in [0, 0.1) is 23.3 Å². The third-order valence-electron chi connectivity index (χ3n) is 10.4. The molecule has 1 saturated carbocycles. The molecule has 4 aromatic heterocycles. The van der Waals surface area contributed by atoms with Gasteiger partial charge in [-0.25, -0.2) is 42.3 Å². The molecule has 4 heterocycles. The molecule has 324 valence electrons. The van der Waals surface area contributed by atoms with E-state index in [-0.39, 0.29) is 18.0 Å². The number of carbonyl (C=O) groups is 2. The Morgan fingerprint density at radius 3 is 1.78 bits per heavy atom. The van der Waals surface area contributed by atoms with Crippen LogP contribution in [0.5, 0.6) is 0 Å². The monoisotopic (exact) mass is 879 g/mol. The van der Waals surface area contributed by atoms with Crippen LogP contribution in [0.4, 0.5) is 39.7 Å². The number of amides is 3. The summed E-state index contributed by atoms with van der Waals surface area (Å²) in [5.74, 6) is -3.07. The van der Waals surface area contributed by atoms with Crippen molar-refractivity contribution in [3.63, 3.8) is 0 Å². The van der Waals surface area contributed by atoms with Crippen LogP contribution in [-0.2, 0) is 0 Å². The summed E-state index contributed by atoms with van der Waals surface area (Å²) in [6.07, 6.45) is 8.07. The van der Waals surface area contributed by atoms with Crippen molar-refractivity contribution in [2.24, 2.45) is 0 Å². The second-order valence-corrected chi connectivity index (χ2v) is 15.4. The van der Waals surface area contributed by atoms with Crippen molar-refractivity contribution >= 4 is 74.2 Å². The van der Waals surface area contributed by atoms with Crippen molar-refractivity contribution < 1.29 is 27.2 Å². The van der Waals surface area contributed by atoms with Gasteiger partial charge in [-0.05, 0) is 49.9 Å². The van der Waals surface area contributed by atoms with E-state index in [0.29, 0.717) is 91.3 Å². The van der Waals surface area contributed by atoms with E-state index in [0.717, 1.165) is 61.9 Å². The van der Waals surface area contributed by atoms with E-state index in [1.807, 2.05) is 19.1 Å². The number of hydrogen-bond acceptors (Lipinski definition) is 8. The maximum absolute atomic E-state index is 14.1. The lowest BCUT2D eigenvalue weighted by Crippen LogP contribution is -2.25. The van der Waals surface area contributed by atoms with Gasteiger partial charge < -0.3 is 26.6 Å². The predicted molar refractivity (Wildman–Crippen MR) is 237 cm³/mol. The lowest BCUT2D eigenvalue weighted by Gasteiger charge is -2.12. The third kappa shape index (κ3) is 8.86. The summed E-state index contributed by atoms with van der Waals surface area (Å²) in [6, 6.07) is 16.6. The molecule has 8 aromatic rings. The predicted octanol–water partition coefficient (Wildman–Crippen LogP) is 9.99. The fraction of sp³-hybridized carbons (Fsp3) is 0.244. The first-order valence-electron chi connectivity index (χ1n) is 20.5. The van der Waals surface area contributed by atoms with E-state index in [2.05, 4.69) is 53.4 Å². The molecule has 0 spiro atoms. The average molecular weight is 880 g/mol. The highest BCUT2D eigenvalue weighted by atomic mass is 35.5. The van der Waals surface area contributed by atoms with Crippen LogP contribution in [-0.4, -0.2) is 66.9 Å². The molecule has 0 bridgehead atoms. The largest absolute Gasteiger partial charge is 0.367 e. The van der Waals surface area contributed by atoms with E-state index in [1.54, 1.807) is 51.5 Å². The normalized spacial score (nSPS) is 12.4. The van der Waals surface area contributed by atoms with Gasteiger partial charge in [0.15, 0.2) is 46.2 Å². The number of nitrogens with zero attached hydrogens (tertiary/aromatic N) is 6. The summed E-state index contributed by atoms with van der Waals surface area (Å²) in [5, 5.41) is 14.9. The van der Waals surface area contributed by atoms with Gasteiger partial charge in [0.25, 0.3) is 5.91 Å². The van der Waals surface area contributed by atoms with Gasteiger partial charge in [-0.15, -0.1) is 0 Å². The first-order valence-corrected chi connectivity index (χ1v) is 20.9. The number of carbonyl (C=O) groups excluding carboxylic acids is 2. The maximum Gasteiger partial charge on any atom is 0.318 e. The second-order valence-electron chi connectivity index (χ2n) is 15.0. The molecule has 13 nitrogen and oxygen atoms in total. The molecule has 0 aliphatic heterocycles. The highest BCUT2D eigenvalue weighted by Gasteiger charge is 2.25. The number of aromatic nitrogens is 6. The molecule has 18 heteroatoms. The summed E-state index contributed by atoms with van der Waals surface area (Å²) in [5.41, 5.74) is 6.22. The molecule has 9 rings (SSSR count). The summed E-state index contributed by atoms with van der Waals surface area (Å²) >= 11 is 6.44. The highest BCUT2D eigenvalue weighted by molar-refractivity contribution is 6.34. The van der Waals surface area contributed by atoms with Crippen LogP contribution in [0.15, 0.2) is 79.1 Å². The number of hydrogen-bond donors (Lipinski definition) is 5. The summed E-state index contributed by atoms with van der Waals surface area (Å²) in [7, 11) is 1.54. The molecule has 0 saturated heterocycles. The molecule has 1 aliphatic rings. The molecule has 1 aliphatic carbocycles. The fourth-order valence-electron chi connectivity index (χ4n) is 6.99. The van der Waals surface area contributed by atoms with Gasteiger partial charge in [0.1, 0.15) is 0 Å². The smallest absolute Gasteiger partial charge is 0.318 e. The first kappa shape index (κ1) is 42.7. The molecule has 4 aromatic carbocycles. The van der Waals surface area contributed by atoms with Crippen LogP contribution in [0.3, 0.4) is 0 Å². The zero-order valence-corrected chi connectivity index (χ0v) is 35.2. The second kappa shape index (κ2) is 18.1. The Morgan fingerprint density at radius 1 is 0.714 bits per heavy atom. The molecule has 0 unspecified atom stereocenters. The Morgan fingerprint density at radius 2 is 1.25 bits per heavy atom. The molecule has 5 N–H and O–H groups in total. The minimum atomic E-state index is -0.973. The van der Waals surface area contributed by atoms with Gasteiger partial charge in [-0.3, -0.25) is 13.6 Å². The number of imidazole rings is 2. The quantitative estimate of drug-likeness (QED) is 0.0600. The van der Waals surface area contributed by atoms with Gasteiger partial charge in [0.05, 0.1) is 56.4 Å². The first-order chi connectivity index (χ1) is 30.5. The number of nitrogens with one attached hydrogen (secondary N) is 5. The third-order valence-corrected chi connectivity index (χ3v) is 10.7. The zero-order valence-electron chi connectivity index (χ0n) is 34.4. The van der Waals surface area contributed by atoms with Crippen LogP contribution in [0.25, 0.3) is 55.9 Å². The van der Waals surface area contributed by atoms with Crippen molar-refractivity contribution in [2.75, 3.05) is 36.1 Å². The fourth-order valence-corrected chi connectivity index (χ4v) is 7.26. The standard InChI is InChI=1S/C23H20ClF2N5O.C22H22F2N6O/c1-2-7-27-21-22-28-11-20(31(22)19-10-17(26)16(25)9-18(19)30-21)12-3-6-14(15(24)8-12)23(32)29-13-4-5-13;1-3-4-9-26-20-21-27-12-19(13-5-7-14(8-6-13)28-22(31)25-2)30(21)18-11-16(24)15(23)10-17(18)29-20/h3,6,8-11,13H,2,4-5,7H2,1H3,(H,27,30)(H,29,32);5-8,10-12H,3-4,9H2,1-2H3,(H,26,29)(H2,25,28,31). The van der Waals surface area contributed by atoms with Crippen LogP contribution in [0.1, 0.15) is 56.3 Å². The van der Waals surface area contributed by atoms with Crippen LogP contribution >= 0.6 is 11.6 Å². The molecule has 0 radical (unpaired) electrons. The van der Waals surface area contributed by atoms with Gasteiger partial charge >= 0.3 is 6.03 Å². The zero-order chi connectivity index (χ0) is 44.4. The molecule has 0 atom stereocenters. The lowest BCUT2D eigenvalue weighted by atomic mass is 10.1. The van der Waals surface area contributed by atoms with Crippen LogP contribution < -0.4 is 26.6 Å². The van der Waals surface area contributed by atoms with E-state index in [1.165, 1.54) is 7.05 Å². The van der Waals surface area contributed by atoms with Crippen molar-refractivity contribution in [3.05, 3.63) is 113 Å². The number of urea groups is 1. The van der Waals surface area contributed by atoms with Crippen molar-refractivity contribution in [2.45, 2.75) is 52.0 Å². The SMILES string of the molecule is CCCCNc1nc2cc(F)c(F)cc2n2c(-c3ccc(NC(=O)NC)cc3)cnc12.CCCNc1nc2cc(F)c(F)cc2n2c(-c3ccc(C(=O)NC4CC4)c(Cl)c3)cnc12. The van der Waals surface area contributed by atoms with E-state index >= 15 is 0 Å². The number of rotatable bonds is 12. The molecule has 1 fully saturated rings. The van der Waals surface area contributed by atoms with Gasteiger partial charge in [-0.2, -0.15) is 0 Å². The summed E-state index contributed by atoms with van der Waals surface area (Å²) in [4.78, 5) is 41.8. The molecular weight excluding hydrogens is 838 g/mol. The Balaban J connectivity index is 0.000000173. The van der Waals surface area contributed by atoms with Crippen molar-refractivity contribution in [1.29, 1.82) is 0 Å². The van der Waals surface area contributed by atoms with Crippen LogP contribution in [0.2, 0.25) is 5.02 Å². The maximum atomic E-state index is 14.1. The molecular formula is C45H42ClF4N11O2. The Labute approximate surface area is 363 Å². The molecule has 63 heavy (non-hydrogen) atoms. The number of fused-ring (bicyclic) bond motifs is 6. The highest BCUT2D eigenvalue weighted by Crippen LogP contribution is 2.33. The van der Waals surface area contributed by atoms with Crippen molar-refractivity contribution in [1.82, 2.24) is 39.4 Å². The number of halogens is 5. The Kier molecular flexibility index (Phi) is 12.3. The number of unbranched alkanes of at least 4 members (excludes halogenated alkanes) is 1. The average Bonchev–Trinajstić information content (AvgIpc) is 3.78. The summed E-state index contributed by atoms with van der Waals surface area (Å²) in [6.45, 7) is 5.44. The van der Waals surface area contributed by atoms with Gasteiger partial charge in [-0.1, -0.05) is 50.1 Å². The number of benzene rings is 4. The van der Waals surface area contributed by atoms with Crippen molar-refractivity contribution in [3.8, 4) is 22.5 Å². The number of anilines is 3. The van der Waals surface area contributed by atoms with E-state index in [4.69, 9.17) is 11.6 Å².